The van der Waals surface area contributed by atoms with Crippen LogP contribution in [0.2, 0.25) is 0 Å². The Bertz CT molecular complexity index is 535. The van der Waals surface area contributed by atoms with Gasteiger partial charge in [0.25, 0.3) is 0 Å². The van der Waals surface area contributed by atoms with Crippen LogP contribution < -0.4 is 4.74 Å². The zero-order valence-corrected chi connectivity index (χ0v) is 9.25. The summed E-state index contributed by atoms with van der Waals surface area (Å²) >= 11 is 0. The Hall–Kier alpha value is -2.36. The molecule has 0 radical (unpaired) electrons. The van der Waals surface area contributed by atoms with Crippen LogP contribution in [0.5, 0.6) is 5.75 Å². The van der Waals surface area contributed by atoms with E-state index in [1.54, 1.807) is 13.2 Å². The summed E-state index contributed by atoms with van der Waals surface area (Å²) < 4.78 is 5.05. The number of ether oxygens (including phenoxy) is 1. The number of hydrogen-bond acceptors (Lipinski definition) is 3. The third kappa shape index (κ3) is 2.42. The number of methoxy groups -OCH3 is 1. The second-order valence-electron chi connectivity index (χ2n) is 3.46. The monoisotopic (exact) mass is 229 g/mol. The summed E-state index contributed by atoms with van der Waals surface area (Å²) in [6.07, 6.45) is 1.49. The van der Waals surface area contributed by atoms with E-state index in [9.17, 15) is 4.79 Å². The zero-order valence-electron chi connectivity index (χ0n) is 9.25. The Labute approximate surface area is 98.5 Å². The van der Waals surface area contributed by atoms with Crippen LogP contribution in [0.4, 0.5) is 0 Å². The maximum Gasteiger partial charge on any atom is 0.335 e. The molecule has 1 aromatic heterocycles. The van der Waals surface area contributed by atoms with Crippen molar-refractivity contribution in [2.24, 2.45) is 0 Å². The van der Waals surface area contributed by atoms with Crippen LogP contribution in [0.15, 0.2) is 42.6 Å². The lowest BCUT2D eigenvalue weighted by Crippen LogP contribution is -1.97. The summed E-state index contributed by atoms with van der Waals surface area (Å²) in [5, 5.41) is 8.89. The molecule has 0 aliphatic carbocycles. The molecule has 2 aromatic rings. The SMILES string of the molecule is COc1ccc(-c2cc(C(=O)O)ccn2)cc1. The molecule has 0 saturated carbocycles. The van der Waals surface area contributed by atoms with Crippen molar-refractivity contribution in [1.82, 2.24) is 4.98 Å². The highest BCUT2D eigenvalue weighted by Crippen LogP contribution is 2.21. The molecule has 0 aliphatic rings. The number of aromatic carboxylic acids is 1. The van der Waals surface area contributed by atoms with Gasteiger partial charge in [-0.05, 0) is 36.4 Å². The molecule has 0 aliphatic heterocycles. The molecule has 1 heterocycles. The lowest BCUT2D eigenvalue weighted by molar-refractivity contribution is 0.0697. The van der Waals surface area contributed by atoms with Crippen molar-refractivity contribution < 1.29 is 14.6 Å². The highest BCUT2D eigenvalue weighted by molar-refractivity contribution is 5.88. The van der Waals surface area contributed by atoms with E-state index in [0.717, 1.165) is 11.3 Å². The summed E-state index contributed by atoms with van der Waals surface area (Å²) in [4.78, 5) is 15.0. The van der Waals surface area contributed by atoms with E-state index in [-0.39, 0.29) is 5.56 Å². The molecule has 4 heteroatoms. The van der Waals surface area contributed by atoms with Gasteiger partial charge < -0.3 is 9.84 Å². The van der Waals surface area contributed by atoms with E-state index in [2.05, 4.69) is 4.98 Å². The minimum absolute atomic E-state index is 0.228. The van der Waals surface area contributed by atoms with E-state index >= 15 is 0 Å². The number of carboxylic acid groups (broad SMARTS) is 1. The van der Waals surface area contributed by atoms with Gasteiger partial charge in [-0.15, -0.1) is 0 Å². The van der Waals surface area contributed by atoms with Crippen molar-refractivity contribution >= 4 is 5.97 Å². The van der Waals surface area contributed by atoms with Crippen molar-refractivity contribution in [3.63, 3.8) is 0 Å². The van der Waals surface area contributed by atoms with E-state index in [1.165, 1.54) is 12.3 Å². The molecule has 0 fully saturated rings. The maximum absolute atomic E-state index is 10.8. The topological polar surface area (TPSA) is 59.4 Å². The van der Waals surface area contributed by atoms with Gasteiger partial charge in [0.2, 0.25) is 0 Å². The molecule has 86 valence electrons. The minimum atomic E-state index is -0.956. The van der Waals surface area contributed by atoms with Crippen LogP contribution in [-0.2, 0) is 0 Å². The average Bonchev–Trinajstić information content (AvgIpc) is 2.39. The second-order valence-corrected chi connectivity index (χ2v) is 3.46. The highest BCUT2D eigenvalue weighted by atomic mass is 16.5. The van der Waals surface area contributed by atoms with Gasteiger partial charge in [-0.1, -0.05) is 0 Å². The van der Waals surface area contributed by atoms with E-state index < -0.39 is 5.97 Å². The summed E-state index contributed by atoms with van der Waals surface area (Å²) in [5.41, 5.74) is 1.72. The summed E-state index contributed by atoms with van der Waals surface area (Å²) in [5.74, 6) is -0.203. The van der Waals surface area contributed by atoms with Crippen LogP contribution in [0.25, 0.3) is 11.3 Å². The maximum atomic E-state index is 10.8. The largest absolute Gasteiger partial charge is 0.497 e. The van der Waals surface area contributed by atoms with Crippen molar-refractivity contribution in [2.45, 2.75) is 0 Å². The fraction of sp³-hybridized carbons (Fsp3) is 0.0769. The number of aromatic nitrogens is 1. The zero-order chi connectivity index (χ0) is 12.3. The first-order valence-corrected chi connectivity index (χ1v) is 5.04. The predicted octanol–water partition coefficient (Wildman–Crippen LogP) is 2.46. The molecule has 1 aromatic carbocycles. The molecule has 0 atom stereocenters. The summed E-state index contributed by atoms with van der Waals surface area (Å²) in [6, 6.07) is 10.3. The number of carboxylic acids is 1. The molecule has 17 heavy (non-hydrogen) atoms. The number of benzene rings is 1. The standard InChI is InChI=1S/C13H11NO3/c1-17-11-4-2-9(3-5-11)12-8-10(13(15)16)6-7-14-12/h2-8H,1H3,(H,15,16). The number of nitrogens with zero attached hydrogens (tertiary/aromatic N) is 1. The van der Waals surface area contributed by atoms with Gasteiger partial charge in [-0.25, -0.2) is 4.79 Å². The normalized spacial score (nSPS) is 9.94. The van der Waals surface area contributed by atoms with Gasteiger partial charge in [-0.2, -0.15) is 0 Å². The van der Waals surface area contributed by atoms with Gasteiger partial charge in [0.1, 0.15) is 5.75 Å². The fourth-order valence-corrected chi connectivity index (χ4v) is 1.48. The Morgan fingerprint density at radius 3 is 2.53 bits per heavy atom. The van der Waals surface area contributed by atoms with Crippen LogP contribution in [0.3, 0.4) is 0 Å². The quantitative estimate of drug-likeness (QED) is 0.878. The van der Waals surface area contributed by atoms with Crippen molar-refractivity contribution in [2.75, 3.05) is 7.11 Å². The Morgan fingerprint density at radius 2 is 1.94 bits per heavy atom. The molecule has 0 bridgehead atoms. The number of hydrogen-bond donors (Lipinski definition) is 1. The summed E-state index contributed by atoms with van der Waals surface area (Å²) in [6.45, 7) is 0. The summed E-state index contributed by atoms with van der Waals surface area (Å²) in [7, 11) is 1.60. The number of carbonyl (C=O) groups is 1. The van der Waals surface area contributed by atoms with Crippen LogP contribution in [-0.4, -0.2) is 23.2 Å². The van der Waals surface area contributed by atoms with Crippen LogP contribution in [0.1, 0.15) is 10.4 Å². The first-order valence-electron chi connectivity index (χ1n) is 5.04. The first-order chi connectivity index (χ1) is 8.20. The second kappa shape index (κ2) is 4.65. The minimum Gasteiger partial charge on any atom is -0.497 e. The molecular formula is C13H11NO3. The fourth-order valence-electron chi connectivity index (χ4n) is 1.48. The number of pyridine rings is 1. The first kappa shape index (κ1) is 11.1. The molecule has 0 unspecified atom stereocenters. The molecule has 0 saturated heterocycles. The van der Waals surface area contributed by atoms with E-state index in [0.29, 0.717) is 5.69 Å². The number of rotatable bonds is 3. The van der Waals surface area contributed by atoms with Crippen LogP contribution in [0, 0.1) is 0 Å². The Morgan fingerprint density at radius 1 is 1.24 bits per heavy atom. The average molecular weight is 229 g/mol. The van der Waals surface area contributed by atoms with E-state index in [1.807, 2.05) is 24.3 Å². The van der Waals surface area contributed by atoms with Gasteiger partial charge in [0, 0.05) is 11.8 Å². The third-order valence-electron chi connectivity index (χ3n) is 2.39. The predicted molar refractivity (Wildman–Crippen MR) is 63.2 cm³/mol. The van der Waals surface area contributed by atoms with Crippen molar-refractivity contribution in [3.8, 4) is 17.0 Å². The lowest BCUT2D eigenvalue weighted by atomic mass is 10.1. The molecule has 2 rings (SSSR count). The Balaban J connectivity index is 2.38. The molecule has 0 amide bonds. The lowest BCUT2D eigenvalue weighted by Gasteiger charge is -2.03. The Kier molecular flexibility index (Phi) is 3.05. The third-order valence-corrected chi connectivity index (χ3v) is 2.39. The smallest absolute Gasteiger partial charge is 0.335 e. The molecule has 0 spiro atoms. The molecular weight excluding hydrogens is 218 g/mol. The van der Waals surface area contributed by atoms with Crippen LogP contribution >= 0.6 is 0 Å². The highest BCUT2D eigenvalue weighted by Gasteiger charge is 2.05. The van der Waals surface area contributed by atoms with Gasteiger partial charge in [0.15, 0.2) is 0 Å². The van der Waals surface area contributed by atoms with Gasteiger partial charge in [0.05, 0.1) is 18.4 Å². The van der Waals surface area contributed by atoms with Gasteiger partial charge >= 0.3 is 5.97 Å². The van der Waals surface area contributed by atoms with Gasteiger partial charge in [-0.3, -0.25) is 4.98 Å². The molecule has 4 nitrogen and oxygen atoms in total. The molecule has 1 N–H and O–H groups in total. The van der Waals surface area contributed by atoms with Crippen molar-refractivity contribution in [1.29, 1.82) is 0 Å². The van der Waals surface area contributed by atoms with E-state index in [4.69, 9.17) is 9.84 Å². The van der Waals surface area contributed by atoms with Crippen molar-refractivity contribution in [3.05, 3.63) is 48.2 Å².